The zero-order valence-electron chi connectivity index (χ0n) is 16.0. The number of hydrogen-bond acceptors (Lipinski definition) is 5. The summed E-state index contributed by atoms with van der Waals surface area (Å²) in [5.74, 6) is -0.896. The predicted octanol–water partition coefficient (Wildman–Crippen LogP) is 3.46. The third-order valence-corrected chi connectivity index (χ3v) is 5.44. The fourth-order valence-corrected chi connectivity index (χ4v) is 3.54. The second-order valence-corrected chi connectivity index (χ2v) is 8.00. The highest BCUT2D eigenvalue weighted by atomic mass is 32.2. The summed E-state index contributed by atoms with van der Waals surface area (Å²) in [5.41, 5.74) is 1.37. The molecule has 0 spiro atoms. The van der Waals surface area contributed by atoms with Crippen LogP contribution in [-0.2, 0) is 21.5 Å². The molecular formula is C22H18FNO5S. The van der Waals surface area contributed by atoms with Gasteiger partial charge in [0.25, 0.3) is 0 Å². The lowest BCUT2D eigenvalue weighted by atomic mass is 10.0. The molecule has 8 heteroatoms. The lowest BCUT2D eigenvalue weighted by molar-refractivity contribution is -0.119. The molecule has 0 aromatic heterocycles. The maximum absolute atomic E-state index is 13.0. The Morgan fingerprint density at radius 2 is 1.40 bits per heavy atom. The quantitative estimate of drug-likeness (QED) is 0.461. The molecule has 6 nitrogen and oxygen atoms in total. The summed E-state index contributed by atoms with van der Waals surface area (Å²) in [6.07, 6.45) is 0. The van der Waals surface area contributed by atoms with E-state index in [0.29, 0.717) is 17.7 Å². The van der Waals surface area contributed by atoms with Crippen molar-refractivity contribution in [3.05, 3.63) is 95.3 Å². The zero-order valence-corrected chi connectivity index (χ0v) is 16.8. The number of carbonyl (C=O) groups excluding carboxylic acids is 2. The average molecular weight is 427 g/mol. The third-order valence-electron chi connectivity index (χ3n) is 4.18. The van der Waals surface area contributed by atoms with Crippen LogP contribution in [0.15, 0.2) is 77.7 Å². The van der Waals surface area contributed by atoms with Crippen LogP contribution in [0.5, 0.6) is 5.75 Å². The molecule has 1 N–H and O–H groups in total. The molecule has 3 aromatic carbocycles. The van der Waals surface area contributed by atoms with Gasteiger partial charge in [-0.2, -0.15) is 8.42 Å². The minimum Gasteiger partial charge on any atom is -0.379 e. The first-order valence-corrected chi connectivity index (χ1v) is 10.3. The van der Waals surface area contributed by atoms with Crippen molar-refractivity contribution in [1.29, 1.82) is 0 Å². The largest absolute Gasteiger partial charge is 0.379 e. The first-order chi connectivity index (χ1) is 14.2. The highest BCUT2D eigenvalue weighted by molar-refractivity contribution is 7.87. The van der Waals surface area contributed by atoms with Gasteiger partial charge >= 0.3 is 10.1 Å². The van der Waals surface area contributed by atoms with E-state index in [2.05, 4.69) is 5.32 Å². The minimum absolute atomic E-state index is 0.0412. The summed E-state index contributed by atoms with van der Waals surface area (Å²) >= 11 is 0. The van der Waals surface area contributed by atoms with Gasteiger partial charge in [0.1, 0.15) is 16.5 Å². The number of carbonyl (C=O) groups is 2. The number of hydrogen-bond donors (Lipinski definition) is 1. The molecule has 0 radical (unpaired) electrons. The Bertz CT molecular complexity index is 1160. The molecular weight excluding hydrogens is 409 g/mol. The number of halogens is 1. The monoisotopic (exact) mass is 427 g/mol. The van der Waals surface area contributed by atoms with E-state index in [1.807, 2.05) is 0 Å². The van der Waals surface area contributed by atoms with Crippen molar-refractivity contribution in [1.82, 2.24) is 5.32 Å². The Kier molecular flexibility index (Phi) is 6.27. The van der Waals surface area contributed by atoms with E-state index in [4.69, 9.17) is 4.18 Å². The van der Waals surface area contributed by atoms with Crippen molar-refractivity contribution in [2.75, 3.05) is 0 Å². The minimum atomic E-state index is -4.07. The molecule has 1 amide bonds. The van der Waals surface area contributed by atoms with Crippen LogP contribution in [0.4, 0.5) is 4.39 Å². The smallest absolute Gasteiger partial charge is 0.339 e. The standard InChI is InChI=1S/C22H18FNO5S/c1-15(25)24-14-16-2-12-21(13-3-16)30(27,28)29-20-10-6-18(7-11-20)22(26)17-4-8-19(23)9-5-17/h2-13H,14H2,1H3,(H,24,25). The second-order valence-electron chi connectivity index (χ2n) is 6.45. The summed E-state index contributed by atoms with van der Waals surface area (Å²) in [5, 5.41) is 2.62. The normalized spacial score (nSPS) is 11.0. The first kappa shape index (κ1) is 21.2. The molecule has 0 heterocycles. The van der Waals surface area contributed by atoms with E-state index in [1.165, 1.54) is 67.6 Å². The van der Waals surface area contributed by atoms with E-state index < -0.39 is 15.9 Å². The van der Waals surface area contributed by atoms with Gasteiger partial charge in [-0.1, -0.05) is 12.1 Å². The molecule has 0 aliphatic heterocycles. The summed E-state index contributed by atoms with van der Waals surface area (Å²) in [4.78, 5) is 23.3. The van der Waals surface area contributed by atoms with Gasteiger partial charge < -0.3 is 9.50 Å². The number of benzene rings is 3. The Morgan fingerprint density at radius 3 is 1.93 bits per heavy atom. The molecule has 0 atom stereocenters. The summed E-state index contributed by atoms with van der Waals surface area (Å²) in [7, 11) is -4.07. The van der Waals surface area contributed by atoms with Gasteiger partial charge in [-0.25, -0.2) is 4.39 Å². The highest BCUT2D eigenvalue weighted by Crippen LogP contribution is 2.21. The predicted molar refractivity (Wildman–Crippen MR) is 108 cm³/mol. The van der Waals surface area contributed by atoms with Crippen LogP contribution in [0.3, 0.4) is 0 Å². The first-order valence-electron chi connectivity index (χ1n) is 8.93. The van der Waals surface area contributed by atoms with Gasteiger partial charge in [0.2, 0.25) is 5.91 Å². The van der Waals surface area contributed by atoms with Crippen molar-refractivity contribution >= 4 is 21.8 Å². The highest BCUT2D eigenvalue weighted by Gasteiger charge is 2.17. The topological polar surface area (TPSA) is 89.5 Å². The maximum atomic E-state index is 13.0. The lowest BCUT2D eigenvalue weighted by Gasteiger charge is -2.09. The number of ketones is 1. The molecule has 154 valence electrons. The summed E-state index contributed by atoms with van der Waals surface area (Å²) in [6.45, 7) is 1.69. The fourth-order valence-electron chi connectivity index (χ4n) is 2.61. The van der Waals surface area contributed by atoms with Gasteiger partial charge in [-0.05, 0) is 66.2 Å². The van der Waals surface area contributed by atoms with Crippen molar-refractivity contribution in [2.45, 2.75) is 18.4 Å². The molecule has 30 heavy (non-hydrogen) atoms. The van der Waals surface area contributed by atoms with Crippen molar-refractivity contribution < 1.29 is 26.6 Å². The zero-order chi connectivity index (χ0) is 21.7. The van der Waals surface area contributed by atoms with E-state index in [1.54, 1.807) is 12.1 Å². The molecule has 0 saturated heterocycles. The fraction of sp³-hybridized carbons (Fsp3) is 0.0909. The Hall–Kier alpha value is -3.52. The van der Waals surface area contributed by atoms with Crippen LogP contribution in [0.25, 0.3) is 0 Å². The van der Waals surface area contributed by atoms with Crippen LogP contribution in [-0.4, -0.2) is 20.1 Å². The van der Waals surface area contributed by atoms with Crippen LogP contribution < -0.4 is 9.50 Å². The van der Waals surface area contributed by atoms with Crippen molar-refractivity contribution in [3.8, 4) is 5.75 Å². The van der Waals surface area contributed by atoms with Gasteiger partial charge in [0.15, 0.2) is 5.78 Å². The third kappa shape index (κ3) is 5.30. The Labute approximate surface area is 173 Å². The van der Waals surface area contributed by atoms with Crippen LogP contribution in [0, 0.1) is 5.82 Å². The molecule has 0 aliphatic carbocycles. The van der Waals surface area contributed by atoms with Crippen LogP contribution >= 0.6 is 0 Å². The second kappa shape index (κ2) is 8.87. The van der Waals surface area contributed by atoms with Gasteiger partial charge in [-0.3, -0.25) is 9.59 Å². The Morgan fingerprint density at radius 1 is 0.867 bits per heavy atom. The SMILES string of the molecule is CC(=O)NCc1ccc(S(=O)(=O)Oc2ccc(C(=O)c3ccc(F)cc3)cc2)cc1. The molecule has 0 aliphatic rings. The number of rotatable bonds is 7. The van der Waals surface area contributed by atoms with Gasteiger partial charge in [0.05, 0.1) is 0 Å². The van der Waals surface area contributed by atoms with Crippen LogP contribution in [0.1, 0.15) is 28.4 Å². The number of amides is 1. The van der Waals surface area contributed by atoms with E-state index in [9.17, 15) is 22.4 Å². The van der Waals surface area contributed by atoms with E-state index >= 15 is 0 Å². The molecule has 0 unspecified atom stereocenters. The summed E-state index contributed by atoms with van der Waals surface area (Å²) < 4.78 is 43.0. The van der Waals surface area contributed by atoms with Crippen LogP contribution in [0.2, 0.25) is 0 Å². The number of nitrogens with one attached hydrogen (secondary N) is 1. The molecule has 0 saturated carbocycles. The molecule has 3 rings (SSSR count). The Balaban J connectivity index is 1.70. The maximum Gasteiger partial charge on any atom is 0.339 e. The molecule has 0 bridgehead atoms. The van der Waals surface area contributed by atoms with Gasteiger partial charge in [0, 0.05) is 24.6 Å². The summed E-state index contributed by atoms with van der Waals surface area (Å²) in [6, 6.07) is 16.7. The molecule has 0 fully saturated rings. The van der Waals surface area contributed by atoms with Crippen molar-refractivity contribution in [3.63, 3.8) is 0 Å². The molecule has 3 aromatic rings. The average Bonchev–Trinajstić information content (AvgIpc) is 2.73. The van der Waals surface area contributed by atoms with Crippen molar-refractivity contribution in [2.24, 2.45) is 0 Å². The van der Waals surface area contributed by atoms with Gasteiger partial charge in [-0.15, -0.1) is 0 Å². The van der Waals surface area contributed by atoms with E-state index in [0.717, 1.165) is 5.56 Å². The van der Waals surface area contributed by atoms with E-state index in [-0.39, 0.29) is 22.3 Å². The lowest BCUT2D eigenvalue weighted by Crippen LogP contribution is -2.19.